The van der Waals surface area contributed by atoms with Crippen molar-refractivity contribution in [2.24, 2.45) is 5.41 Å². The smallest absolute Gasteiger partial charge is 0.307 e. The fourth-order valence-electron chi connectivity index (χ4n) is 4.49. The summed E-state index contributed by atoms with van der Waals surface area (Å²) in [6, 6.07) is 9.28. The zero-order valence-electron chi connectivity index (χ0n) is 20.9. The Bertz CT molecular complexity index is 1240. The quantitative estimate of drug-likeness (QED) is 0.410. The summed E-state index contributed by atoms with van der Waals surface area (Å²) in [5, 5.41) is 9.56. The van der Waals surface area contributed by atoms with Crippen molar-refractivity contribution in [2.45, 2.75) is 46.5 Å². The molecule has 2 aromatic heterocycles. The number of hydrogen-bond donors (Lipinski definition) is 1. The van der Waals surface area contributed by atoms with Crippen molar-refractivity contribution in [3.05, 3.63) is 71.2 Å². The molecule has 0 saturated carbocycles. The zero-order chi connectivity index (χ0) is 25.9. The Labute approximate surface area is 210 Å². The van der Waals surface area contributed by atoms with Crippen LogP contribution in [0.5, 0.6) is 5.75 Å². The number of anilines is 1. The van der Waals surface area contributed by atoms with Gasteiger partial charge in [0.2, 0.25) is 0 Å². The van der Waals surface area contributed by atoms with E-state index in [1.54, 1.807) is 31.3 Å². The number of carboxylic acid groups (broad SMARTS) is 1. The highest BCUT2D eigenvalue weighted by atomic mass is 19.1. The molecule has 1 aliphatic heterocycles. The first-order chi connectivity index (χ1) is 17.1. The number of hydrogen-bond acceptors (Lipinski definition) is 5. The van der Waals surface area contributed by atoms with Crippen LogP contribution in [0.3, 0.4) is 0 Å². The highest BCUT2D eigenvalue weighted by molar-refractivity contribution is 5.83. The molecule has 3 aromatic rings. The molecule has 0 aliphatic carbocycles. The Balaban J connectivity index is 1.61. The second-order valence-corrected chi connectivity index (χ2v) is 10.0. The van der Waals surface area contributed by atoms with Crippen molar-refractivity contribution in [3.63, 3.8) is 0 Å². The molecule has 0 bridgehead atoms. The number of nitrogens with zero attached hydrogens (tertiary/aromatic N) is 3. The third-order valence-corrected chi connectivity index (χ3v) is 6.78. The molecule has 0 atom stereocenters. The average molecular weight is 496 g/mol. The lowest BCUT2D eigenvalue weighted by molar-refractivity contribution is -0.136. The largest absolute Gasteiger partial charge is 0.488 e. The maximum Gasteiger partial charge on any atom is 0.307 e. The molecule has 190 valence electrons. The van der Waals surface area contributed by atoms with Crippen molar-refractivity contribution in [1.29, 1.82) is 0 Å². The van der Waals surface area contributed by atoms with Crippen LogP contribution in [0.1, 0.15) is 43.5 Å². The summed E-state index contributed by atoms with van der Waals surface area (Å²) in [5.41, 5.74) is 4.10. The van der Waals surface area contributed by atoms with Gasteiger partial charge in [0.05, 0.1) is 24.4 Å². The molecule has 1 fully saturated rings. The van der Waals surface area contributed by atoms with E-state index < -0.39 is 11.9 Å². The average Bonchev–Trinajstić information content (AvgIpc) is 2.82. The lowest BCUT2D eigenvalue weighted by Crippen LogP contribution is -2.38. The van der Waals surface area contributed by atoms with Gasteiger partial charge in [-0.25, -0.2) is 9.37 Å². The number of ether oxygens (including phenoxy) is 1. The van der Waals surface area contributed by atoms with Gasteiger partial charge in [0.15, 0.2) is 5.75 Å². The van der Waals surface area contributed by atoms with E-state index >= 15 is 0 Å². The summed E-state index contributed by atoms with van der Waals surface area (Å²) in [6.45, 7) is 8.00. The number of halogens is 2. The third-order valence-electron chi connectivity index (χ3n) is 6.78. The Morgan fingerprint density at radius 1 is 1.11 bits per heavy atom. The molecule has 1 aromatic carbocycles. The zero-order valence-corrected chi connectivity index (χ0v) is 20.9. The van der Waals surface area contributed by atoms with Gasteiger partial charge >= 0.3 is 5.97 Å². The first-order valence-electron chi connectivity index (χ1n) is 12.1. The van der Waals surface area contributed by atoms with Gasteiger partial charge in [-0.3, -0.25) is 9.78 Å². The van der Waals surface area contributed by atoms with Gasteiger partial charge in [0, 0.05) is 42.5 Å². The number of rotatable bonds is 8. The lowest BCUT2D eigenvalue weighted by Gasteiger charge is -2.40. The third kappa shape index (κ3) is 5.98. The van der Waals surface area contributed by atoms with Crippen LogP contribution in [-0.4, -0.2) is 40.7 Å². The predicted octanol–water partition coefficient (Wildman–Crippen LogP) is 5.61. The molecule has 4 rings (SSSR count). The van der Waals surface area contributed by atoms with Gasteiger partial charge < -0.3 is 14.7 Å². The number of pyridine rings is 2. The van der Waals surface area contributed by atoms with E-state index in [1.165, 1.54) is 18.2 Å². The van der Waals surface area contributed by atoms with E-state index in [0.29, 0.717) is 28.9 Å². The molecule has 6 nitrogen and oxygen atoms in total. The Morgan fingerprint density at radius 3 is 2.44 bits per heavy atom. The first-order valence-corrected chi connectivity index (χ1v) is 12.1. The molecule has 0 unspecified atom stereocenters. The molecule has 0 radical (unpaired) electrons. The maximum atomic E-state index is 15.0. The second-order valence-electron chi connectivity index (χ2n) is 10.0. The van der Waals surface area contributed by atoms with Crippen molar-refractivity contribution < 1.29 is 23.4 Å². The normalized spacial score (nSPS) is 15.1. The molecule has 1 N–H and O–H groups in total. The minimum absolute atomic E-state index is 0.0213. The number of carboxylic acids is 1. The van der Waals surface area contributed by atoms with E-state index in [0.717, 1.165) is 37.2 Å². The molecule has 36 heavy (non-hydrogen) atoms. The SMILES string of the molecule is Cc1ncc(-c2ccc(OCCc3ccc(F)cc3)c(F)n2)c(N2CCC(C)(C)CC2)c1CC(=O)O. The highest BCUT2D eigenvalue weighted by Crippen LogP contribution is 2.39. The van der Waals surface area contributed by atoms with Crippen molar-refractivity contribution in [2.75, 3.05) is 24.6 Å². The van der Waals surface area contributed by atoms with E-state index in [-0.39, 0.29) is 30.0 Å². The fourth-order valence-corrected chi connectivity index (χ4v) is 4.49. The summed E-state index contributed by atoms with van der Waals surface area (Å²) in [6.07, 6.45) is 3.89. The molecule has 1 aliphatic rings. The topological polar surface area (TPSA) is 75.6 Å². The second kappa shape index (κ2) is 10.6. The van der Waals surface area contributed by atoms with Gasteiger partial charge in [-0.1, -0.05) is 26.0 Å². The van der Waals surface area contributed by atoms with Crippen LogP contribution in [0.15, 0.2) is 42.6 Å². The Hall–Kier alpha value is -3.55. The van der Waals surface area contributed by atoms with Gasteiger partial charge in [0.1, 0.15) is 5.82 Å². The molecule has 3 heterocycles. The summed E-state index contributed by atoms with van der Waals surface area (Å²) < 4.78 is 33.6. The predicted molar refractivity (Wildman–Crippen MR) is 134 cm³/mol. The number of aryl methyl sites for hydroxylation is 1. The van der Waals surface area contributed by atoms with Gasteiger partial charge in [-0.2, -0.15) is 4.39 Å². The first kappa shape index (κ1) is 25.5. The standard InChI is InChI=1S/C28H31F2N3O3/c1-18-21(16-25(34)35)26(33-13-11-28(2,3)12-14-33)22(17-31-18)23-8-9-24(27(30)32-23)36-15-10-19-4-6-20(29)7-5-19/h4-9,17H,10-16H2,1-3H3,(H,34,35). The number of carbonyl (C=O) groups is 1. The van der Waals surface area contributed by atoms with Crippen LogP contribution < -0.4 is 9.64 Å². The van der Waals surface area contributed by atoms with Gasteiger partial charge in [0.25, 0.3) is 5.95 Å². The molecule has 0 spiro atoms. The van der Waals surface area contributed by atoms with Crippen LogP contribution in [0.4, 0.5) is 14.5 Å². The Kier molecular flexibility index (Phi) is 7.52. The molecule has 8 heteroatoms. The van der Waals surface area contributed by atoms with Crippen molar-refractivity contribution in [1.82, 2.24) is 9.97 Å². The fraction of sp³-hybridized carbons (Fsp3) is 0.393. The number of benzene rings is 1. The maximum absolute atomic E-state index is 15.0. The minimum Gasteiger partial charge on any atom is -0.488 e. The van der Waals surface area contributed by atoms with Gasteiger partial charge in [-0.15, -0.1) is 0 Å². The van der Waals surface area contributed by atoms with E-state index in [2.05, 4.69) is 28.7 Å². The van der Waals surface area contributed by atoms with Crippen molar-refractivity contribution in [3.8, 4) is 17.0 Å². The van der Waals surface area contributed by atoms with E-state index in [1.807, 2.05) is 0 Å². The van der Waals surface area contributed by atoms with Crippen LogP contribution >= 0.6 is 0 Å². The highest BCUT2D eigenvalue weighted by Gasteiger charge is 2.29. The molecule has 1 saturated heterocycles. The number of aliphatic carboxylic acids is 1. The van der Waals surface area contributed by atoms with E-state index in [4.69, 9.17) is 4.74 Å². The summed E-state index contributed by atoms with van der Waals surface area (Å²) in [4.78, 5) is 22.4. The monoisotopic (exact) mass is 495 g/mol. The van der Waals surface area contributed by atoms with Gasteiger partial charge in [-0.05, 0) is 55.0 Å². The Morgan fingerprint density at radius 2 is 1.81 bits per heavy atom. The summed E-state index contributed by atoms with van der Waals surface area (Å²) in [5.74, 6) is -1.99. The number of piperidine rings is 1. The van der Waals surface area contributed by atoms with Crippen LogP contribution in [-0.2, 0) is 17.6 Å². The van der Waals surface area contributed by atoms with Crippen LogP contribution in [0.2, 0.25) is 0 Å². The van der Waals surface area contributed by atoms with Crippen LogP contribution in [0.25, 0.3) is 11.3 Å². The molecular weight excluding hydrogens is 464 g/mol. The van der Waals surface area contributed by atoms with E-state index in [9.17, 15) is 18.7 Å². The summed E-state index contributed by atoms with van der Waals surface area (Å²) >= 11 is 0. The van der Waals surface area contributed by atoms with Crippen molar-refractivity contribution >= 4 is 11.7 Å². The summed E-state index contributed by atoms with van der Waals surface area (Å²) in [7, 11) is 0. The molecule has 0 amide bonds. The number of aromatic nitrogens is 2. The lowest BCUT2D eigenvalue weighted by atomic mass is 9.82. The van der Waals surface area contributed by atoms with Crippen LogP contribution in [0, 0.1) is 24.1 Å². The molecular formula is C28H31F2N3O3. The minimum atomic E-state index is -0.945.